The molecule has 3 aromatic carbocycles. The van der Waals surface area contributed by atoms with Crippen molar-refractivity contribution < 1.29 is 23.5 Å². The van der Waals surface area contributed by atoms with Crippen LogP contribution in [0.5, 0.6) is 0 Å². The highest BCUT2D eigenvalue weighted by Crippen LogP contribution is 2.30. The number of rotatable bonds is 9. The predicted octanol–water partition coefficient (Wildman–Crippen LogP) is 4.44. The number of benzene rings is 3. The molecule has 1 heterocycles. The van der Waals surface area contributed by atoms with Gasteiger partial charge in [0.1, 0.15) is 23.9 Å². The average Bonchev–Trinajstić information content (AvgIpc) is 3.34. The highest BCUT2D eigenvalue weighted by molar-refractivity contribution is 6.02. The summed E-state index contributed by atoms with van der Waals surface area (Å²) in [6.07, 6.45) is 0.631. The number of carbonyl (C=O) groups excluding carboxylic acids is 3. The third-order valence-corrected chi connectivity index (χ3v) is 6.56. The second-order valence-electron chi connectivity index (χ2n) is 9.72. The van der Waals surface area contributed by atoms with Crippen molar-refractivity contribution >= 4 is 34.5 Å². The van der Waals surface area contributed by atoms with Crippen LogP contribution in [0.3, 0.4) is 0 Å². The minimum atomic E-state index is -1.19. The quantitative estimate of drug-likeness (QED) is 0.320. The molecule has 0 radical (unpaired) electrons. The Morgan fingerprint density at radius 3 is 2.46 bits per heavy atom. The Balaban J connectivity index is 1.86. The van der Waals surface area contributed by atoms with E-state index in [9.17, 15) is 18.8 Å². The number of methoxy groups -OCH3 is 1. The summed E-state index contributed by atoms with van der Waals surface area (Å²) in [5.74, 6) is -2.03. The lowest BCUT2D eigenvalue weighted by atomic mass is 9.98. The number of esters is 1. The fourth-order valence-corrected chi connectivity index (χ4v) is 4.13. The van der Waals surface area contributed by atoms with E-state index in [0.717, 1.165) is 0 Å². The summed E-state index contributed by atoms with van der Waals surface area (Å²) in [6, 6.07) is 17.7. The first-order valence-electron chi connectivity index (χ1n) is 12.5. The van der Waals surface area contributed by atoms with Crippen molar-refractivity contribution in [2.45, 2.75) is 45.3 Å². The van der Waals surface area contributed by atoms with E-state index in [0.29, 0.717) is 23.0 Å². The minimum Gasteiger partial charge on any atom is -0.465 e. The van der Waals surface area contributed by atoms with Gasteiger partial charge in [-0.15, -0.1) is 5.10 Å². The van der Waals surface area contributed by atoms with Crippen LogP contribution in [0.15, 0.2) is 72.8 Å². The van der Waals surface area contributed by atoms with Crippen molar-refractivity contribution in [3.8, 4) is 0 Å². The minimum absolute atomic E-state index is 0.200. The van der Waals surface area contributed by atoms with Crippen LogP contribution in [0.25, 0.3) is 11.0 Å². The summed E-state index contributed by atoms with van der Waals surface area (Å²) >= 11 is 0. The van der Waals surface area contributed by atoms with Crippen molar-refractivity contribution in [2.75, 3.05) is 12.0 Å². The number of ether oxygens (including phenoxy) is 1. The van der Waals surface area contributed by atoms with Gasteiger partial charge >= 0.3 is 5.97 Å². The Hall–Kier alpha value is -4.60. The third-order valence-electron chi connectivity index (χ3n) is 6.56. The topological polar surface area (TPSA) is 106 Å². The van der Waals surface area contributed by atoms with E-state index in [1.807, 2.05) is 32.9 Å². The number of amides is 2. The molecule has 0 saturated heterocycles. The number of hydrogen-bond acceptors (Lipinski definition) is 6. The molecular formula is C29H30FN5O4. The Labute approximate surface area is 225 Å². The summed E-state index contributed by atoms with van der Waals surface area (Å²) in [4.78, 5) is 41.6. The lowest BCUT2D eigenvalue weighted by Crippen LogP contribution is -2.51. The molecule has 1 aromatic heterocycles. The molecule has 0 bridgehead atoms. The summed E-state index contributed by atoms with van der Waals surface area (Å²) in [5.41, 5.74) is 1.55. The van der Waals surface area contributed by atoms with Crippen molar-refractivity contribution in [1.82, 2.24) is 20.3 Å². The van der Waals surface area contributed by atoms with Gasteiger partial charge in [-0.3, -0.25) is 14.5 Å². The lowest BCUT2D eigenvalue weighted by molar-refractivity contribution is -0.128. The maximum atomic E-state index is 14.1. The first-order chi connectivity index (χ1) is 18.6. The first kappa shape index (κ1) is 27.4. The number of para-hydroxylation sites is 1. The molecule has 0 fully saturated rings. The average molecular weight is 532 g/mol. The molecule has 0 spiro atoms. The van der Waals surface area contributed by atoms with Gasteiger partial charge < -0.3 is 10.1 Å². The van der Waals surface area contributed by atoms with Gasteiger partial charge in [-0.05, 0) is 68.3 Å². The molecule has 1 atom stereocenters. The van der Waals surface area contributed by atoms with E-state index in [1.165, 1.54) is 47.0 Å². The molecular weight excluding hydrogens is 501 g/mol. The van der Waals surface area contributed by atoms with E-state index in [-0.39, 0.29) is 17.8 Å². The van der Waals surface area contributed by atoms with Gasteiger partial charge in [0.2, 0.25) is 11.8 Å². The van der Waals surface area contributed by atoms with Crippen LogP contribution in [0.1, 0.15) is 49.2 Å². The molecule has 0 unspecified atom stereocenters. The van der Waals surface area contributed by atoms with E-state index in [2.05, 4.69) is 15.6 Å². The zero-order valence-electron chi connectivity index (χ0n) is 22.2. The van der Waals surface area contributed by atoms with Gasteiger partial charge in [-0.2, -0.15) is 0 Å². The molecule has 9 nitrogen and oxygen atoms in total. The SMILES string of the molecule is CCC(C)(C)NC(=O)[C@H](c1ccc(F)cc1)N(C(=O)Cn1nnc2ccccc21)c1cccc(C(=O)OC)c1. The largest absolute Gasteiger partial charge is 0.465 e. The fraction of sp³-hybridized carbons (Fsp3) is 0.276. The molecule has 0 aliphatic rings. The predicted molar refractivity (Wildman–Crippen MR) is 144 cm³/mol. The van der Waals surface area contributed by atoms with Crippen LogP contribution in [-0.4, -0.2) is 45.4 Å². The monoisotopic (exact) mass is 531 g/mol. The zero-order valence-corrected chi connectivity index (χ0v) is 22.2. The van der Waals surface area contributed by atoms with E-state index in [1.54, 1.807) is 30.3 Å². The first-order valence-corrected chi connectivity index (χ1v) is 12.5. The molecule has 4 aromatic rings. The van der Waals surface area contributed by atoms with Crippen LogP contribution in [0, 0.1) is 5.82 Å². The van der Waals surface area contributed by atoms with Crippen molar-refractivity contribution in [1.29, 1.82) is 0 Å². The fourth-order valence-electron chi connectivity index (χ4n) is 4.13. The van der Waals surface area contributed by atoms with Gasteiger partial charge in [-0.25, -0.2) is 13.9 Å². The number of carbonyl (C=O) groups is 3. The van der Waals surface area contributed by atoms with Crippen molar-refractivity contribution in [3.05, 3.63) is 89.7 Å². The van der Waals surface area contributed by atoms with Crippen molar-refractivity contribution in [2.24, 2.45) is 0 Å². The van der Waals surface area contributed by atoms with Gasteiger partial charge in [0.25, 0.3) is 0 Å². The van der Waals surface area contributed by atoms with Crippen LogP contribution < -0.4 is 10.2 Å². The number of nitrogens with one attached hydrogen (secondary N) is 1. The number of fused-ring (bicyclic) bond motifs is 1. The molecule has 1 N–H and O–H groups in total. The lowest BCUT2D eigenvalue weighted by Gasteiger charge is -2.34. The number of aromatic nitrogens is 3. The maximum Gasteiger partial charge on any atom is 0.337 e. The van der Waals surface area contributed by atoms with Gasteiger partial charge in [0.05, 0.1) is 18.2 Å². The molecule has 10 heteroatoms. The third kappa shape index (κ3) is 6.11. The van der Waals surface area contributed by atoms with Crippen LogP contribution in [0.4, 0.5) is 10.1 Å². The summed E-state index contributed by atoms with van der Waals surface area (Å²) in [7, 11) is 1.26. The maximum absolute atomic E-state index is 14.1. The highest BCUT2D eigenvalue weighted by Gasteiger charge is 2.35. The van der Waals surface area contributed by atoms with E-state index >= 15 is 0 Å². The summed E-state index contributed by atoms with van der Waals surface area (Å²) in [6.45, 7) is 5.44. The van der Waals surface area contributed by atoms with Crippen LogP contribution in [0.2, 0.25) is 0 Å². The molecule has 4 rings (SSSR count). The molecule has 39 heavy (non-hydrogen) atoms. The van der Waals surface area contributed by atoms with Gasteiger partial charge in [0.15, 0.2) is 0 Å². The molecule has 0 aliphatic carbocycles. The number of anilines is 1. The Morgan fingerprint density at radius 2 is 1.77 bits per heavy atom. The summed E-state index contributed by atoms with van der Waals surface area (Å²) < 4.78 is 20.2. The Kier molecular flexibility index (Phi) is 8.04. The Morgan fingerprint density at radius 1 is 1.05 bits per heavy atom. The van der Waals surface area contributed by atoms with Crippen LogP contribution in [-0.2, 0) is 20.9 Å². The number of hydrogen-bond donors (Lipinski definition) is 1. The molecule has 202 valence electrons. The second kappa shape index (κ2) is 11.4. The smallest absolute Gasteiger partial charge is 0.337 e. The number of halogens is 1. The normalized spacial score (nSPS) is 12.1. The molecule has 2 amide bonds. The standard InChI is InChI=1S/C29H30FN5O4/c1-5-29(2,3)31-27(37)26(19-13-15-21(30)16-14-19)35(22-10-8-9-20(17-22)28(38)39-4)25(36)18-34-24-12-7-6-11-23(24)32-33-34/h6-17,26H,5,18H2,1-4H3,(H,31,37)/t26-/m0/s1. The summed E-state index contributed by atoms with van der Waals surface area (Å²) in [5, 5.41) is 11.3. The van der Waals surface area contributed by atoms with Crippen molar-refractivity contribution in [3.63, 3.8) is 0 Å². The van der Waals surface area contributed by atoms with E-state index < -0.39 is 35.2 Å². The van der Waals surface area contributed by atoms with Gasteiger partial charge in [0, 0.05) is 11.2 Å². The van der Waals surface area contributed by atoms with Crippen LogP contribution >= 0.6 is 0 Å². The zero-order chi connectivity index (χ0) is 28.2. The second-order valence-corrected chi connectivity index (χ2v) is 9.72. The highest BCUT2D eigenvalue weighted by atomic mass is 19.1. The Bertz CT molecular complexity index is 1500. The molecule has 0 aliphatic heterocycles. The number of nitrogens with zero attached hydrogens (tertiary/aromatic N) is 4. The molecule has 0 saturated carbocycles. The van der Waals surface area contributed by atoms with Gasteiger partial charge in [-0.1, -0.05) is 42.5 Å². The van der Waals surface area contributed by atoms with E-state index in [4.69, 9.17) is 4.74 Å².